The van der Waals surface area contributed by atoms with Gasteiger partial charge in [0.25, 0.3) is 5.56 Å². The number of fused-ring (bicyclic) bond motifs is 1. The van der Waals surface area contributed by atoms with Crippen LogP contribution in [-0.4, -0.2) is 15.7 Å². The molecular weight excluding hydrogens is 357 g/mol. The Kier molecular flexibility index (Phi) is 4.71. The van der Waals surface area contributed by atoms with Gasteiger partial charge in [0.15, 0.2) is 0 Å². The molecule has 1 unspecified atom stereocenters. The molecule has 5 nitrogen and oxygen atoms in total. The quantitative estimate of drug-likeness (QED) is 0.752. The largest absolute Gasteiger partial charge is 0.345 e. The van der Waals surface area contributed by atoms with E-state index in [4.69, 9.17) is 0 Å². The summed E-state index contributed by atoms with van der Waals surface area (Å²) in [6.07, 6.45) is 4.76. The third-order valence-electron chi connectivity index (χ3n) is 5.68. The number of halogens is 1. The van der Waals surface area contributed by atoms with Crippen LogP contribution in [0.15, 0.2) is 59.5 Å². The van der Waals surface area contributed by atoms with E-state index in [1.165, 1.54) is 10.7 Å². The third kappa shape index (κ3) is 3.09. The van der Waals surface area contributed by atoms with Crippen molar-refractivity contribution in [3.05, 3.63) is 76.5 Å². The van der Waals surface area contributed by atoms with Crippen molar-refractivity contribution in [2.75, 3.05) is 0 Å². The average Bonchev–Trinajstić information content (AvgIpc) is 3.17. The van der Waals surface area contributed by atoms with Crippen molar-refractivity contribution in [1.29, 1.82) is 0 Å². The van der Waals surface area contributed by atoms with Crippen LogP contribution in [0.1, 0.15) is 44.2 Å². The number of carbonyl (C=O) groups is 1. The minimum absolute atomic E-state index is 0.313. The maximum Gasteiger partial charge on any atom is 0.275 e. The Labute approximate surface area is 162 Å². The monoisotopic (exact) mass is 379 g/mol. The molecule has 1 saturated carbocycles. The lowest BCUT2D eigenvalue weighted by Gasteiger charge is -2.32. The molecule has 1 atom stereocenters. The van der Waals surface area contributed by atoms with Gasteiger partial charge in [0, 0.05) is 10.9 Å². The molecule has 0 spiro atoms. The van der Waals surface area contributed by atoms with Gasteiger partial charge < -0.3 is 5.32 Å². The molecule has 4 rings (SSSR count). The third-order valence-corrected chi connectivity index (χ3v) is 5.68. The van der Waals surface area contributed by atoms with Gasteiger partial charge in [0.2, 0.25) is 5.91 Å². The molecule has 6 heteroatoms. The van der Waals surface area contributed by atoms with E-state index < -0.39 is 11.6 Å². The van der Waals surface area contributed by atoms with Gasteiger partial charge >= 0.3 is 0 Å². The Bertz CT molecular complexity index is 1090. The van der Waals surface area contributed by atoms with Gasteiger partial charge in [-0.05, 0) is 31.9 Å². The molecule has 0 bridgehead atoms. The zero-order valence-electron chi connectivity index (χ0n) is 15.7. The van der Waals surface area contributed by atoms with Crippen LogP contribution >= 0.6 is 0 Å². The lowest BCUT2D eigenvalue weighted by Crippen LogP contribution is -2.48. The fraction of sp³-hybridized carbons (Fsp3) is 0.318. The van der Waals surface area contributed by atoms with Gasteiger partial charge in [-0.25, -0.2) is 9.07 Å². The summed E-state index contributed by atoms with van der Waals surface area (Å²) in [5.74, 6) is -0.659. The van der Waals surface area contributed by atoms with Crippen molar-refractivity contribution in [3.8, 4) is 0 Å². The second kappa shape index (κ2) is 7.19. The first-order valence-electron chi connectivity index (χ1n) is 9.55. The van der Waals surface area contributed by atoms with Crippen LogP contribution in [0, 0.1) is 5.82 Å². The average molecular weight is 379 g/mol. The van der Waals surface area contributed by atoms with Gasteiger partial charge in [0.1, 0.15) is 11.9 Å². The molecule has 144 valence electrons. The number of hydrogen-bond donors (Lipinski definition) is 1. The number of hydrogen-bond acceptors (Lipinski definition) is 3. The van der Waals surface area contributed by atoms with Crippen molar-refractivity contribution in [3.63, 3.8) is 0 Å². The molecule has 28 heavy (non-hydrogen) atoms. The van der Waals surface area contributed by atoms with Crippen LogP contribution in [0.3, 0.4) is 0 Å². The molecule has 1 N–H and O–H groups in total. The second-order valence-electron chi connectivity index (χ2n) is 7.42. The van der Waals surface area contributed by atoms with Crippen LogP contribution in [-0.2, 0) is 10.3 Å². The smallest absolute Gasteiger partial charge is 0.275 e. The SMILES string of the molecule is CC(C(=O)NC1(c2ccccc2F)CCCC1)n1ncc2ccccc2c1=O. The van der Waals surface area contributed by atoms with Gasteiger partial charge in [-0.15, -0.1) is 0 Å². The molecule has 1 aliphatic rings. The van der Waals surface area contributed by atoms with Crippen molar-refractivity contribution < 1.29 is 9.18 Å². The van der Waals surface area contributed by atoms with E-state index in [9.17, 15) is 14.0 Å². The Morgan fingerprint density at radius 2 is 1.82 bits per heavy atom. The number of aromatic nitrogens is 2. The number of carbonyl (C=O) groups excluding carboxylic acids is 1. The maximum atomic E-state index is 14.5. The van der Waals surface area contributed by atoms with E-state index in [0.29, 0.717) is 23.8 Å². The summed E-state index contributed by atoms with van der Waals surface area (Å²) in [7, 11) is 0. The predicted octanol–water partition coefficient (Wildman–Crippen LogP) is 3.68. The van der Waals surface area contributed by atoms with Crippen molar-refractivity contribution in [2.24, 2.45) is 0 Å². The minimum atomic E-state index is -0.804. The van der Waals surface area contributed by atoms with E-state index in [2.05, 4.69) is 10.4 Å². The first-order chi connectivity index (χ1) is 13.5. The number of nitrogens with one attached hydrogen (secondary N) is 1. The van der Waals surface area contributed by atoms with Gasteiger partial charge in [0.05, 0.1) is 17.1 Å². The van der Waals surface area contributed by atoms with Gasteiger partial charge in [-0.3, -0.25) is 9.59 Å². The Morgan fingerprint density at radius 3 is 2.57 bits per heavy atom. The molecule has 1 aliphatic carbocycles. The summed E-state index contributed by atoms with van der Waals surface area (Å²) >= 11 is 0. The highest BCUT2D eigenvalue weighted by Gasteiger charge is 2.40. The fourth-order valence-corrected chi connectivity index (χ4v) is 4.12. The zero-order chi connectivity index (χ0) is 19.7. The number of nitrogens with zero attached hydrogens (tertiary/aromatic N) is 2. The standard InChI is InChI=1S/C22H22FN3O2/c1-15(26-21(28)17-9-3-2-8-16(17)14-24-26)20(27)25-22(12-6-7-13-22)18-10-4-5-11-19(18)23/h2-5,8-11,14-15H,6-7,12-13H2,1H3,(H,25,27). The summed E-state index contributed by atoms with van der Waals surface area (Å²) in [5, 5.41) is 8.48. The molecule has 2 aromatic carbocycles. The van der Waals surface area contributed by atoms with Crippen LogP contribution in [0.2, 0.25) is 0 Å². The van der Waals surface area contributed by atoms with Crippen LogP contribution in [0.25, 0.3) is 10.8 Å². The van der Waals surface area contributed by atoms with Crippen LogP contribution < -0.4 is 10.9 Å². The number of benzene rings is 2. The maximum absolute atomic E-state index is 14.5. The molecule has 3 aromatic rings. The van der Waals surface area contributed by atoms with Crippen molar-refractivity contribution in [2.45, 2.75) is 44.2 Å². The molecule has 1 heterocycles. The highest BCUT2D eigenvalue weighted by molar-refractivity contribution is 5.83. The van der Waals surface area contributed by atoms with E-state index in [1.807, 2.05) is 12.1 Å². The van der Waals surface area contributed by atoms with Gasteiger partial charge in [-0.2, -0.15) is 5.10 Å². The molecular formula is C22H22FN3O2. The Balaban J connectivity index is 1.67. The van der Waals surface area contributed by atoms with Crippen molar-refractivity contribution in [1.82, 2.24) is 15.1 Å². The van der Waals surface area contributed by atoms with E-state index in [1.54, 1.807) is 43.5 Å². The molecule has 1 amide bonds. The number of rotatable bonds is 4. The molecule has 0 radical (unpaired) electrons. The summed E-state index contributed by atoms with van der Waals surface area (Å²) in [4.78, 5) is 25.8. The Morgan fingerprint density at radius 1 is 1.14 bits per heavy atom. The first-order valence-corrected chi connectivity index (χ1v) is 9.55. The topological polar surface area (TPSA) is 64.0 Å². The van der Waals surface area contributed by atoms with E-state index in [-0.39, 0.29) is 17.3 Å². The molecule has 1 aromatic heterocycles. The first kappa shape index (κ1) is 18.3. The van der Waals surface area contributed by atoms with E-state index in [0.717, 1.165) is 18.2 Å². The molecule has 0 saturated heterocycles. The lowest BCUT2D eigenvalue weighted by molar-refractivity contribution is -0.126. The fourth-order valence-electron chi connectivity index (χ4n) is 4.12. The van der Waals surface area contributed by atoms with Gasteiger partial charge in [-0.1, -0.05) is 49.2 Å². The molecule has 0 aliphatic heterocycles. The van der Waals surface area contributed by atoms with Crippen LogP contribution in [0.5, 0.6) is 0 Å². The summed E-state index contributed by atoms with van der Waals surface area (Å²) in [6.45, 7) is 1.64. The van der Waals surface area contributed by atoms with Crippen LogP contribution in [0.4, 0.5) is 4.39 Å². The Hall–Kier alpha value is -3.02. The predicted molar refractivity (Wildman–Crippen MR) is 105 cm³/mol. The summed E-state index contributed by atoms with van der Waals surface area (Å²) in [5.41, 5.74) is -0.545. The summed E-state index contributed by atoms with van der Waals surface area (Å²) < 4.78 is 15.7. The van der Waals surface area contributed by atoms with Crippen molar-refractivity contribution >= 4 is 16.7 Å². The normalized spacial score (nSPS) is 16.8. The highest BCUT2D eigenvalue weighted by atomic mass is 19.1. The second-order valence-corrected chi connectivity index (χ2v) is 7.42. The molecule has 1 fully saturated rings. The summed E-state index contributed by atoms with van der Waals surface area (Å²) in [6, 6.07) is 12.9. The lowest BCUT2D eigenvalue weighted by atomic mass is 9.87. The number of amides is 1. The highest BCUT2D eigenvalue weighted by Crippen LogP contribution is 2.40. The minimum Gasteiger partial charge on any atom is -0.345 e. The zero-order valence-corrected chi connectivity index (χ0v) is 15.7. The van der Waals surface area contributed by atoms with E-state index >= 15 is 0 Å².